The van der Waals surface area contributed by atoms with Crippen LogP contribution in [-0.2, 0) is 24.7 Å². The van der Waals surface area contributed by atoms with E-state index in [-0.39, 0.29) is 29.6 Å². The van der Waals surface area contributed by atoms with Crippen LogP contribution in [0.2, 0.25) is 0 Å². The SMILES string of the molecule is O=C(O)CC(O)(CC(=O)O)C(=O)O.O=C1NC(=O)C2(N1)c1cc(F)ccc1-c1ccc(F)cc12.[NaH]. The van der Waals surface area contributed by atoms with Crippen molar-refractivity contribution in [2.45, 2.75) is 24.0 Å². The first kappa shape index (κ1) is 27.9. The number of fused-ring (bicyclic) bond motifs is 5. The number of aliphatic carboxylic acids is 3. The van der Waals surface area contributed by atoms with Gasteiger partial charge in [0, 0.05) is 11.1 Å². The van der Waals surface area contributed by atoms with Gasteiger partial charge in [0.05, 0.1) is 12.8 Å². The van der Waals surface area contributed by atoms with Crippen LogP contribution in [0.1, 0.15) is 24.0 Å². The molecule has 0 atom stereocenters. The van der Waals surface area contributed by atoms with Crippen LogP contribution in [0.25, 0.3) is 11.1 Å². The van der Waals surface area contributed by atoms with Crippen molar-refractivity contribution in [1.29, 1.82) is 0 Å². The van der Waals surface area contributed by atoms with Crippen molar-refractivity contribution >= 4 is 59.4 Å². The average molecular weight is 502 g/mol. The maximum absolute atomic E-state index is 13.6. The number of hydrogen-bond acceptors (Lipinski definition) is 6. The van der Waals surface area contributed by atoms with Gasteiger partial charge >= 0.3 is 53.5 Å². The van der Waals surface area contributed by atoms with Gasteiger partial charge in [0.1, 0.15) is 11.6 Å². The molecular formula is C21H17F2N2NaO9. The van der Waals surface area contributed by atoms with Crippen LogP contribution in [0.5, 0.6) is 0 Å². The second-order valence-electron chi connectivity index (χ2n) is 7.52. The molecule has 11 nitrogen and oxygen atoms in total. The molecule has 1 spiro atoms. The number of halogens is 2. The van der Waals surface area contributed by atoms with Crippen LogP contribution < -0.4 is 10.6 Å². The van der Waals surface area contributed by atoms with Crippen molar-refractivity contribution in [3.8, 4) is 11.1 Å². The number of benzene rings is 2. The van der Waals surface area contributed by atoms with Crippen molar-refractivity contribution < 1.29 is 53.2 Å². The van der Waals surface area contributed by atoms with Crippen LogP contribution in [0.3, 0.4) is 0 Å². The first-order chi connectivity index (χ1) is 15.8. The number of imide groups is 1. The predicted molar refractivity (Wildman–Crippen MR) is 113 cm³/mol. The molecule has 1 aliphatic carbocycles. The second-order valence-corrected chi connectivity index (χ2v) is 7.52. The van der Waals surface area contributed by atoms with E-state index in [1.807, 2.05) is 0 Å². The van der Waals surface area contributed by atoms with E-state index in [2.05, 4.69) is 10.6 Å². The van der Waals surface area contributed by atoms with Crippen LogP contribution in [0, 0.1) is 11.6 Å². The number of rotatable bonds is 5. The minimum absolute atomic E-state index is 0. The fraction of sp³-hybridized carbons (Fsp3) is 0.190. The van der Waals surface area contributed by atoms with Crippen molar-refractivity contribution in [3.05, 3.63) is 59.2 Å². The monoisotopic (exact) mass is 502 g/mol. The summed E-state index contributed by atoms with van der Waals surface area (Å²) in [5, 5.41) is 38.5. The molecule has 180 valence electrons. The molecule has 0 radical (unpaired) electrons. The van der Waals surface area contributed by atoms with Gasteiger partial charge in [-0.15, -0.1) is 0 Å². The van der Waals surface area contributed by atoms with Crippen molar-refractivity contribution in [2.24, 2.45) is 0 Å². The Balaban J connectivity index is 0.000000271. The molecule has 0 saturated carbocycles. The molecule has 1 aliphatic heterocycles. The van der Waals surface area contributed by atoms with Gasteiger partial charge in [0.25, 0.3) is 5.91 Å². The van der Waals surface area contributed by atoms with Crippen molar-refractivity contribution in [1.82, 2.24) is 10.6 Å². The third kappa shape index (κ3) is 5.17. The van der Waals surface area contributed by atoms with E-state index >= 15 is 0 Å². The van der Waals surface area contributed by atoms with E-state index in [4.69, 9.17) is 20.4 Å². The second kappa shape index (κ2) is 10.1. The molecular weight excluding hydrogens is 485 g/mol. The Morgan fingerprint density at radius 3 is 1.60 bits per heavy atom. The first-order valence-electron chi connectivity index (χ1n) is 9.43. The fourth-order valence-corrected chi connectivity index (χ4v) is 3.82. The molecule has 2 aromatic rings. The van der Waals surface area contributed by atoms with Crippen molar-refractivity contribution in [2.75, 3.05) is 0 Å². The summed E-state index contributed by atoms with van der Waals surface area (Å²) < 4.78 is 27.2. The summed E-state index contributed by atoms with van der Waals surface area (Å²) in [7, 11) is 0. The number of carbonyl (C=O) groups excluding carboxylic acids is 2. The third-order valence-corrected chi connectivity index (χ3v) is 5.22. The minimum atomic E-state index is -2.74. The molecule has 2 aromatic carbocycles. The van der Waals surface area contributed by atoms with E-state index in [0.29, 0.717) is 22.3 Å². The maximum atomic E-state index is 13.6. The number of carbonyl (C=O) groups is 5. The molecule has 0 aromatic heterocycles. The number of carboxylic acid groups (broad SMARTS) is 3. The first-order valence-corrected chi connectivity index (χ1v) is 9.43. The van der Waals surface area contributed by atoms with Crippen LogP contribution in [-0.4, -0.2) is 85.4 Å². The normalized spacial score (nSPS) is 14.5. The fourth-order valence-electron chi connectivity index (χ4n) is 3.82. The number of amides is 3. The molecule has 35 heavy (non-hydrogen) atoms. The molecule has 2 aliphatic rings. The van der Waals surface area contributed by atoms with E-state index in [1.165, 1.54) is 36.4 Å². The van der Waals surface area contributed by atoms with Gasteiger partial charge in [0.2, 0.25) is 0 Å². The summed E-state index contributed by atoms with van der Waals surface area (Å²) in [6, 6.07) is 7.27. The zero-order valence-corrected chi connectivity index (χ0v) is 17.0. The number of urea groups is 1. The Morgan fingerprint density at radius 1 is 0.857 bits per heavy atom. The number of aliphatic hydroxyl groups is 1. The number of nitrogens with one attached hydrogen (secondary N) is 2. The molecule has 1 heterocycles. The zero-order valence-electron chi connectivity index (χ0n) is 17.0. The molecule has 3 amide bonds. The summed E-state index contributed by atoms with van der Waals surface area (Å²) in [4.78, 5) is 54.4. The van der Waals surface area contributed by atoms with Gasteiger partial charge in [0.15, 0.2) is 11.1 Å². The molecule has 1 fully saturated rings. The van der Waals surface area contributed by atoms with Gasteiger partial charge < -0.3 is 25.7 Å². The molecule has 4 rings (SSSR count). The van der Waals surface area contributed by atoms with Crippen LogP contribution >= 0.6 is 0 Å². The topological polar surface area (TPSA) is 190 Å². The quantitative estimate of drug-likeness (QED) is 0.244. The molecule has 6 N–H and O–H groups in total. The van der Waals surface area contributed by atoms with E-state index in [1.54, 1.807) is 0 Å². The van der Waals surface area contributed by atoms with Crippen molar-refractivity contribution in [3.63, 3.8) is 0 Å². The average Bonchev–Trinajstić information content (AvgIpc) is 3.15. The number of carboxylic acids is 3. The standard InChI is InChI=1S/C15H8F2N2O2.C6H8O7.Na.H/c16-7-1-3-9-10-4-2-8(17)6-12(10)15(11(9)5-7)13(20)18-14(21)19-15;7-3(8)1-6(13,5(11)12)2-4(9)10;;/h1-6H,(H2,18,19,20,21);13H,1-2H2,(H,7,8)(H,9,10)(H,11,12);;. The number of hydrogen-bond donors (Lipinski definition) is 6. The summed E-state index contributed by atoms with van der Waals surface area (Å²) in [6.45, 7) is 0. The third-order valence-electron chi connectivity index (χ3n) is 5.22. The van der Waals surface area contributed by atoms with E-state index in [9.17, 15) is 32.8 Å². The van der Waals surface area contributed by atoms with Gasteiger partial charge in [-0.2, -0.15) is 0 Å². The predicted octanol–water partition coefficient (Wildman–Crippen LogP) is 0.131. The van der Waals surface area contributed by atoms with Gasteiger partial charge in [-0.05, 0) is 35.4 Å². The van der Waals surface area contributed by atoms with Crippen LogP contribution in [0.15, 0.2) is 36.4 Å². The Morgan fingerprint density at radius 2 is 1.29 bits per heavy atom. The summed E-state index contributed by atoms with van der Waals surface area (Å²) >= 11 is 0. The van der Waals surface area contributed by atoms with Gasteiger partial charge in [-0.25, -0.2) is 18.4 Å². The van der Waals surface area contributed by atoms with Gasteiger partial charge in [-0.3, -0.25) is 19.7 Å². The Bertz CT molecular complexity index is 1180. The summed E-state index contributed by atoms with van der Waals surface area (Å²) in [6.07, 6.45) is -2.29. The molecule has 0 bridgehead atoms. The summed E-state index contributed by atoms with van der Waals surface area (Å²) in [5.74, 6) is -6.72. The molecule has 1 saturated heterocycles. The Hall–Kier alpha value is -3.39. The van der Waals surface area contributed by atoms with E-state index in [0.717, 1.165) is 0 Å². The zero-order chi connectivity index (χ0) is 25.4. The summed E-state index contributed by atoms with van der Waals surface area (Å²) in [5.41, 5.74) is -2.48. The Kier molecular flexibility index (Phi) is 8.02. The van der Waals surface area contributed by atoms with E-state index < -0.39 is 65.5 Å². The van der Waals surface area contributed by atoms with Gasteiger partial charge in [-0.1, -0.05) is 12.1 Å². The molecule has 0 unspecified atom stereocenters. The Labute approximate surface area is 217 Å². The van der Waals surface area contributed by atoms with Crippen LogP contribution in [0.4, 0.5) is 13.6 Å². The molecule has 14 heteroatoms.